The van der Waals surface area contributed by atoms with Gasteiger partial charge in [0, 0.05) is 13.0 Å². The van der Waals surface area contributed by atoms with Crippen molar-refractivity contribution in [2.24, 2.45) is 5.92 Å². The lowest BCUT2D eigenvalue weighted by Crippen LogP contribution is -2.32. The average Bonchev–Trinajstić information content (AvgIpc) is 3.23. The Morgan fingerprint density at radius 3 is 2.93 bits per heavy atom. The number of rotatable bonds is 4. The summed E-state index contributed by atoms with van der Waals surface area (Å²) in [4.78, 5) is 30.6. The topological polar surface area (TPSA) is 62.3 Å². The van der Waals surface area contributed by atoms with Gasteiger partial charge in [0.1, 0.15) is 10.8 Å². The Morgan fingerprint density at radius 1 is 1.33 bits per heavy atom. The van der Waals surface area contributed by atoms with Crippen molar-refractivity contribution < 1.29 is 14.0 Å². The summed E-state index contributed by atoms with van der Waals surface area (Å²) < 4.78 is 15.2. The number of benzene rings is 2. The fraction of sp³-hybridized carbons (Fsp3) is 0.250. The van der Waals surface area contributed by atoms with Gasteiger partial charge in [0.05, 0.1) is 28.4 Å². The van der Waals surface area contributed by atoms with Gasteiger partial charge in [-0.3, -0.25) is 9.59 Å². The summed E-state index contributed by atoms with van der Waals surface area (Å²) in [6, 6.07) is 12.5. The first kappa shape index (κ1) is 17.6. The Labute approximate surface area is 159 Å². The van der Waals surface area contributed by atoms with Crippen LogP contribution in [0.15, 0.2) is 42.5 Å². The molecule has 1 unspecified atom stereocenters. The monoisotopic (exact) mass is 383 g/mol. The molecule has 1 N–H and O–H groups in total. The van der Waals surface area contributed by atoms with Crippen LogP contribution in [0.5, 0.6) is 0 Å². The van der Waals surface area contributed by atoms with Gasteiger partial charge in [0.2, 0.25) is 11.8 Å². The summed E-state index contributed by atoms with van der Waals surface area (Å²) in [7, 11) is 0. The van der Waals surface area contributed by atoms with E-state index >= 15 is 0 Å². The van der Waals surface area contributed by atoms with Crippen LogP contribution in [0.3, 0.4) is 0 Å². The maximum absolute atomic E-state index is 14.2. The highest BCUT2D eigenvalue weighted by atomic mass is 32.1. The number of aryl methyl sites for hydroxylation is 1. The van der Waals surface area contributed by atoms with Crippen molar-refractivity contribution in [3.05, 3.63) is 58.9 Å². The summed E-state index contributed by atoms with van der Waals surface area (Å²) in [5, 5.41) is 3.67. The lowest BCUT2D eigenvalue weighted by atomic mass is 10.1. The first-order chi connectivity index (χ1) is 13.0. The minimum Gasteiger partial charge on any atom is -0.349 e. The molecule has 2 heterocycles. The fourth-order valence-electron chi connectivity index (χ4n) is 3.25. The van der Waals surface area contributed by atoms with E-state index in [1.165, 1.54) is 22.3 Å². The zero-order chi connectivity index (χ0) is 19.0. The van der Waals surface area contributed by atoms with Crippen molar-refractivity contribution in [2.75, 3.05) is 11.4 Å². The van der Waals surface area contributed by atoms with E-state index in [4.69, 9.17) is 0 Å². The van der Waals surface area contributed by atoms with Gasteiger partial charge in [-0.15, -0.1) is 11.3 Å². The normalized spacial score (nSPS) is 16.9. The number of halogens is 1. The standard InChI is InChI=1S/C20H18FN3O2S/c1-12-6-7-16(14(21)8-12)24-11-13(9-19(24)25)20(26)22-10-18-23-15-4-2-3-5-17(15)27-18/h2-8,13H,9-11H2,1H3,(H,22,26). The maximum Gasteiger partial charge on any atom is 0.227 e. The molecular formula is C20H18FN3O2S. The SMILES string of the molecule is Cc1ccc(N2CC(C(=O)NCc3nc4ccccc4s3)CC2=O)c(F)c1. The largest absolute Gasteiger partial charge is 0.349 e. The van der Waals surface area contributed by atoms with Crippen LogP contribution >= 0.6 is 11.3 Å². The van der Waals surface area contributed by atoms with E-state index in [9.17, 15) is 14.0 Å². The van der Waals surface area contributed by atoms with E-state index in [2.05, 4.69) is 10.3 Å². The van der Waals surface area contributed by atoms with Crippen LogP contribution in [0.25, 0.3) is 10.2 Å². The van der Waals surface area contributed by atoms with Gasteiger partial charge in [0.15, 0.2) is 0 Å². The van der Waals surface area contributed by atoms with Gasteiger partial charge in [0.25, 0.3) is 0 Å². The predicted octanol–water partition coefficient (Wildman–Crippen LogP) is 3.41. The first-order valence-corrected chi connectivity index (χ1v) is 9.51. The molecule has 0 spiro atoms. The molecular weight excluding hydrogens is 365 g/mol. The second-order valence-electron chi connectivity index (χ2n) is 6.65. The summed E-state index contributed by atoms with van der Waals surface area (Å²) in [6.45, 7) is 2.29. The first-order valence-electron chi connectivity index (χ1n) is 8.70. The molecule has 0 saturated carbocycles. The molecule has 0 bridgehead atoms. The molecule has 1 aliphatic heterocycles. The summed E-state index contributed by atoms with van der Waals surface area (Å²) in [5.41, 5.74) is 1.92. The third-order valence-corrected chi connectivity index (χ3v) is 5.68. The number of hydrogen-bond donors (Lipinski definition) is 1. The Bertz CT molecular complexity index is 1000. The molecule has 0 aliphatic carbocycles. The van der Waals surface area contributed by atoms with Gasteiger partial charge in [-0.1, -0.05) is 18.2 Å². The molecule has 5 nitrogen and oxygen atoms in total. The van der Waals surface area contributed by atoms with Crippen molar-refractivity contribution in [2.45, 2.75) is 19.9 Å². The number of aromatic nitrogens is 1. The van der Waals surface area contributed by atoms with Crippen LogP contribution in [-0.4, -0.2) is 23.3 Å². The minimum absolute atomic E-state index is 0.0823. The maximum atomic E-state index is 14.2. The number of carbonyl (C=O) groups excluding carboxylic acids is 2. The van der Waals surface area contributed by atoms with E-state index in [0.717, 1.165) is 20.8 Å². The highest BCUT2D eigenvalue weighted by Crippen LogP contribution is 2.28. The smallest absolute Gasteiger partial charge is 0.227 e. The number of nitrogens with one attached hydrogen (secondary N) is 1. The lowest BCUT2D eigenvalue weighted by Gasteiger charge is -2.17. The van der Waals surface area contributed by atoms with Crippen molar-refractivity contribution in [1.82, 2.24) is 10.3 Å². The molecule has 27 heavy (non-hydrogen) atoms. The molecule has 7 heteroatoms. The number of carbonyl (C=O) groups is 2. The molecule has 2 amide bonds. The number of fused-ring (bicyclic) bond motifs is 1. The van der Waals surface area contributed by atoms with Crippen molar-refractivity contribution in [3.63, 3.8) is 0 Å². The van der Waals surface area contributed by atoms with Gasteiger partial charge in [-0.2, -0.15) is 0 Å². The molecule has 1 aromatic heterocycles. The fourth-order valence-corrected chi connectivity index (χ4v) is 4.16. The second kappa shape index (κ2) is 7.08. The van der Waals surface area contributed by atoms with Crippen LogP contribution in [0.2, 0.25) is 0 Å². The molecule has 1 saturated heterocycles. The van der Waals surface area contributed by atoms with Crippen molar-refractivity contribution in [1.29, 1.82) is 0 Å². The Morgan fingerprint density at radius 2 is 2.15 bits per heavy atom. The third kappa shape index (κ3) is 3.55. The third-order valence-electron chi connectivity index (χ3n) is 4.64. The Hall–Kier alpha value is -2.80. The summed E-state index contributed by atoms with van der Waals surface area (Å²) >= 11 is 1.53. The van der Waals surface area contributed by atoms with Gasteiger partial charge < -0.3 is 10.2 Å². The highest BCUT2D eigenvalue weighted by Gasteiger charge is 2.36. The predicted molar refractivity (Wildman–Crippen MR) is 103 cm³/mol. The van der Waals surface area contributed by atoms with Gasteiger partial charge in [-0.05, 0) is 36.8 Å². The molecule has 3 aromatic rings. The Balaban J connectivity index is 1.41. The van der Waals surface area contributed by atoms with E-state index in [1.807, 2.05) is 24.3 Å². The van der Waals surface area contributed by atoms with Gasteiger partial charge in [-0.25, -0.2) is 9.37 Å². The number of para-hydroxylation sites is 1. The minimum atomic E-state index is -0.493. The Kier molecular flexibility index (Phi) is 4.61. The average molecular weight is 383 g/mol. The van der Waals surface area contributed by atoms with Crippen molar-refractivity contribution >= 4 is 39.1 Å². The quantitative estimate of drug-likeness (QED) is 0.751. The number of nitrogens with zero attached hydrogens (tertiary/aromatic N) is 2. The van der Waals surface area contributed by atoms with Crippen molar-refractivity contribution in [3.8, 4) is 0 Å². The highest BCUT2D eigenvalue weighted by molar-refractivity contribution is 7.18. The lowest BCUT2D eigenvalue weighted by molar-refractivity contribution is -0.126. The molecule has 0 radical (unpaired) electrons. The van der Waals surface area contributed by atoms with E-state index in [-0.39, 0.29) is 30.5 Å². The number of amides is 2. The van der Waals surface area contributed by atoms with E-state index in [0.29, 0.717) is 6.54 Å². The second-order valence-corrected chi connectivity index (χ2v) is 7.77. The van der Waals surface area contributed by atoms with E-state index < -0.39 is 11.7 Å². The summed E-state index contributed by atoms with van der Waals surface area (Å²) in [5.74, 6) is -1.39. The molecule has 1 atom stereocenters. The molecule has 2 aromatic carbocycles. The molecule has 138 valence electrons. The number of hydrogen-bond acceptors (Lipinski definition) is 4. The number of anilines is 1. The van der Waals surface area contributed by atoms with Crippen LogP contribution in [-0.2, 0) is 16.1 Å². The zero-order valence-electron chi connectivity index (χ0n) is 14.7. The van der Waals surface area contributed by atoms with Crippen LogP contribution in [0, 0.1) is 18.7 Å². The van der Waals surface area contributed by atoms with E-state index in [1.54, 1.807) is 19.1 Å². The summed E-state index contributed by atoms with van der Waals surface area (Å²) in [6.07, 6.45) is 0.0823. The van der Waals surface area contributed by atoms with Crippen LogP contribution in [0.1, 0.15) is 17.0 Å². The molecule has 1 aliphatic rings. The van der Waals surface area contributed by atoms with Crippen LogP contribution < -0.4 is 10.2 Å². The van der Waals surface area contributed by atoms with Crippen LogP contribution in [0.4, 0.5) is 10.1 Å². The van der Waals surface area contributed by atoms with Gasteiger partial charge >= 0.3 is 0 Å². The molecule has 4 rings (SSSR count). The number of thiazole rings is 1. The molecule has 1 fully saturated rings. The zero-order valence-corrected chi connectivity index (χ0v) is 15.6.